The summed E-state index contributed by atoms with van der Waals surface area (Å²) in [5.41, 5.74) is 5.17. The SMILES string of the molecule is CCCNCC(C)=Cc1ccc(-c2ccccc2)cc1. The Morgan fingerprint density at radius 2 is 1.60 bits per heavy atom. The van der Waals surface area contributed by atoms with Crippen molar-refractivity contribution in [2.24, 2.45) is 0 Å². The van der Waals surface area contributed by atoms with Gasteiger partial charge in [-0.1, -0.05) is 73.2 Å². The van der Waals surface area contributed by atoms with Gasteiger partial charge in [0, 0.05) is 6.54 Å². The summed E-state index contributed by atoms with van der Waals surface area (Å²) in [5.74, 6) is 0. The second-order valence-electron chi connectivity index (χ2n) is 5.16. The van der Waals surface area contributed by atoms with Crippen LogP contribution < -0.4 is 5.32 Å². The molecule has 0 saturated heterocycles. The van der Waals surface area contributed by atoms with Gasteiger partial charge in [-0.05, 0) is 36.6 Å². The summed E-state index contributed by atoms with van der Waals surface area (Å²) in [4.78, 5) is 0. The Hall–Kier alpha value is -1.86. The van der Waals surface area contributed by atoms with E-state index in [1.807, 2.05) is 6.07 Å². The number of rotatable bonds is 6. The van der Waals surface area contributed by atoms with Crippen LogP contribution in [-0.4, -0.2) is 13.1 Å². The molecule has 20 heavy (non-hydrogen) atoms. The fraction of sp³-hybridized carbons (Fsp3) is 0.263. The maximum absolute atomic E-state index is 3.42. The van der Waals surface area contributed by atoms with Crippen molar-refractivity contribution in [3.05, 3.63) is 65.7 Å². The van der Waals surface area contributed by atoms with Crippen LogP contribution in [-0.2, 0) is 0 Å². The molecule has 0 unspecified atom stereocenters. The first-order valence-corrected chi connectivity index (χ1v) is 7.33. The average Bonchev–Trinajstić information content (AvgIpc) is 2.49. The van der Waals surface area contributed by atoms with Crippen LogP contribution in [0.3, 0.4) is 0 Å². The maximum atomic E-state index is 3.42. The van der Waals surface area contributed by atoms with Gasteiger partial charge in [0.25, 0.3) is 0 Å². The highest BCUT2D eigenvalue weighted by atomic mass is 14.8. The summed E-state index contributed by atoms with van der Waals surface area (Å²) in [6.45, 7) is 6.41. The molecule has 0 atom stereocenters. The minimum atomic E-state index is 0.967. The van der Waals surface area contributed by atoms with Crippen LogP contribution in [0.1, 0.15) is 25.8 Å². The quantitative estimate of drug-likeness (QED) is 0.743. The van der Waals surface area contributed by atoms with Gasteiger partial charge in [0.05, 0.1) is 0 Å². The zero-order valence-corrected chi connectivity index (χ0v) is 12.4. The van der Waals surface area contributed by atoms with E-state index in [-0.39, 0.29) is 0 Å². The number of benzene rings is 2. The summed E-state index contributed by atoms with van der Waals surface area (Å²) in [5, 5.41) is 3.42. The Kier molecular flexibility index (Phi) is 5.57. The zero-order valence-electron chi connectivity index (χ0n) is 12.4. The second kappa shape index (κ2) is 7.66. The molecule has 1 nitrogen and oxygen atoms in total. The van der Waals surface area contributed by atoms with Gasteiger partial charge in [-0.3, -0.25) is 0 Å². The standard InChI is InChI=1S/C19H23N/c1-3-13-20-15-16(2)14-17-9-11-19(12-10-17)18-7-5-4-6-8-18/h4-12,14,20H,3,13,15H2,1-2H3. The van der Waals surface area contributed by atoms with Gasteiger partial charge in [0.2, 0.25) is 0 Å². The number of hydrogen-bond acceptors (Lipinski definition) is 1. The molecule has 0 aliphatic rings. The lowest BCUT2D eigenvalue weighted by atomic mass is 10.0. The molecule has 0 heterocycles. The molecule has 0 fully saturated rings. The van der Waals surface area contributed by atoms with Crippen LogP contribution in [0.4, 0.5) is 0 Å². The van der Waals surface area contributed by atoms with E-state index in [1.165, 1.54) is 28.7 Å². The third-order valence-corrected chi connectivity index (χ3v) is 3.26. The van der Waals surface area contributed by atoms with E-state index >= 15 is 0 Å². The van der Waals surface area contributed by atoms with Crippen molar-refractivity contribution < 1.29 is 0 Å². The van der Waals surface area contributed by atoms with Crippen molar-refractivity contribution in [1.29, 1.82) is 0 Å². The molecule has 104 valence electrons. The molecule has 1 heteroatoms. The molecule has 0 amide bonds. The summed E-state index contributed by atoms with van der Waals surface area (Å²) in [6.07, 6.45) is 3.43. The molecule has 0 aromatic heterocycles. The third-order valence-electron chi connectivity index (χ3n) is 3.26. The van der Waals surface area contributed by atoms with Gasteiger partial charge < -0.3 is 5.32 Å². The van der Waals surface area contributed by atoms with Gasteiger partial charge in [0.1, 0.15) is 0 Å². The molecular weight excluding hydrogens is 242 g/mol. The minimum Gasteiger partial charge on any atom is -0.313 e. The molecule has 1 N–H and O–H groups in total. The summed E-state index contributed by atoms with van der Waals surface area (Å²) >= 11 is 0. The first-order valence-electron chi connectivity index (χ1n) is 7.33. The molecule has 2 aromatic rings. The van der Waals surface area contributed by atoms with Crippen LogP contribution in [0.5, 0.6) is 0 Å². The summed E-state index contributed by atoms with van der Waals surface area (Å²) in [6, 6.07) is 19.2. The van der Waals surface area contributed by atoms with Crippen LogP contribution >= 0.6 is 0 Å². The topological polar surface area (TPSA) is 12.0 Å². The number of hydrogen-bond donors (Lipinski definition) is 1. The largest absolute Gasteiger partial charge is 0.313 e. The van der Waals surface area contributed by atoms with Crippen molar-refractivity contribution in [2.45, 2.75) is 20.3 Å². The maximum Gasteiger partial charge on any atom is 0.0165 e. The van der Waals surface area contributed by atoms with Gasteiger partial charge in [0.15, 0.2) is 0 Å². The molecule has 2 aromatic carbocycles. The molecular formula is C19H23N. The molecule has 2 rings (SSSR count). The molecule has 0 radical (unpaired) electrons. The Bertz CT molecular complexity index is 538. The van der Waals surface area contributed by atoms with E-state index in [4.69, 9.17) is 0 Å². The fourth-order valence-electron chi connectivity index (χ4n) is 2.20. The zero-order chi connectivity index (χ0) is 14.2. The Morgan fingerprint density at radius 3 is 2.25 bits per heavy atom. The Balaban J connectivity index is 2.03. The van der Waals surface area contributed by atoms with Crippen molar-refractivity contribution >= 4 is 6.08 Å². The van der Waals surface area contributed by atoms with Gasteiger partial charge in [-0.2, -0.15) is 0 Å². The Morgan fingerprint density at radius 1 is 0.950 bits per heavy atom. The number of nitrogens with one attached hydrogen (secondary N) is 1. The lowest BCUT2D eigenvalue weighted by molar-refractivity contribution is 0.715. The second-order valence-corrected chi connectivity index (χ2v) is 5.16. The first-order chi connectivity index (χ1) is 9.79. The average molecular weight is 265 g/mol. The molecule has 0 saturated carbocycles. The van der Waals surface area contributed by atoms with Crippen LogP contribution in [0.2, 0.25) is 0 Å². The van der Waals surface area contributed by atoms with Crippen molar-refractivity contribution in [3.8, 4) is 11.1 Å². The summed E-state index contributed by atoms with van der Waals surface area (Å²) < 4.78 is 0. The van der Waals surface area contributed by atoms with Crippen LogP contribution in [0.25, 0.3) is 17.2 Å². The highest BCUT2D eigenvalue weighted by Crippen LogP contribution is 2.20. The van der Waals surface area contributed by atoms with E-state index in [2.05, 4.69) is 73.8 Å². The predicted molar refractivity (Wildman–Crippen MR) is 88.7 cm³/mol. The lowest BCUT2D eigenvalue weighted by Crippen LogP contribution is -2.16. The fourth-order valence-corrected chi connectivity index (χ4v) is 2.20. The van der Waals surface area contributed by atoms with Crippen molar-refractivity contribution in [2.75, 3.05) is 13.1 Å². The monoisotopic (exact) mass is 265 g/mol. The molecule has 0 aliphatic heterocycles. The lowest BCUT2D eigenvalue weighted by Gasteiger charge is -2.05. The van der Waals surface area contributed by atoms with Crippen molar-refractivity contribution in [1.82, 2.24) is 5.32 Å². The van der Waals surface area contributed by atoms with Gasteiger partial charge in [-0.25, -0.2) is 0 Å². The van der Waals surface area contributed by atoms with Crippen LogP contribution in [0.15, 0.2) is 60.2 Å². The van der Waals surface area contributed by atoms with E-state index in [1.54, 1.807) is 0 Å². The van der Waals surface area contributed by atoms with E-state index in [0.717, 1.165) is 13.1 Å². The van der Waals surface area contributed by atoms with E-state index in [0.29, 0.717) is 0 Å². The summed E-state index contributed by atoms with van der Waals surface area (Å²) in [7, 11) is 0. The Labute approximate surface area is 122 Å². The van der Waals surface area contributed by atoms with Crippen LogP contribution in [0, 0.1) is 0 Å². The van der Waals surface area contributed by atoms with E-state index in [9.17, 15) is 0 Å². The van der Waals surface area contributed by atoms with Crippen molar-refractivity contribution in [3.63, 3.8) is 0 Å². The molecule has 0 aliphatic carbocycles. The minimum absolute atomic E-state index is 0.967. The highest BCUT2D eigenvalue weighted by Gasteiger charge is 1.96. The third kappa shape index (κ3) is 4.36. The highest BCUT2D eigenvalue weighted by molar-refractivity contribution is 5.66. The normalized spacial score (nSPS) is 11.6. The molecule has 0 bridgehead atoms. The first kappa shape index (κ1) is 14.5. The van der Waals surface area contributed by atoms with Gasteiger partial charge >= 0.3 is 0 Å². The van der Waals surface area contributed by atoms with Gasteiger partial charge in [-0.15, -0.1) is 0 Å². The smallest absolute Gasteiger partial charge is 0.0165 e. The predicted octanol–water partition coefficient (Wildman–Crippen LogP) is 4.76. The van der Waals surface area contributed by atoms with E-state index < -0.39 is 0 Å². The molecule has 0 spiro atoms.